The molecule has 0 bridgehead atoms. The molecule has 0 heterocycles. The Morgan fingerprint density at radius 3 is 2.52 bits per heavy atom. The number of halogens is 1. The van der Waals surface area contributed by atoms with Crippen LogP contribution in [0.1, 0.15) is 17.2 Å². The van der Waals surface area contributed by atoms with Crippen LogP contribution >= 0.6 is 0 Å². The van der Waals surface area contributed by atoms with Crippen LogP contribution in [0.2, 0.25) is 0 Å². The second kappa shape index (κ2) is 6.32. The highest BCUT2D eigenvalue weighted by Crippen LogP contribution is 2.20. The van der Waals surface area contributed by atoms with Gasteiger partial charge in [-0.05, 0) is 42.3 Å². The Kier molecular flexibility index (Phi) is 4.49. The van der Waals surface area contributed by atoms with Gasteiger partial charge in [0.1, 0.15) is 5.82 Å². The number of rotatable bonds is 5. The molecule has 0 aliphatic heterocycles. The summed E-state index contributed by atoms with van der Waals surface area (Å²) in [6.07, 6.45) is -0.883. The topological polar surface area (TPSA) is 75.4 Å². The Morgan fingerprint density at radius 1 is 1.29 bits per heavy atom. The molecular formula is C15H15FN2O3. The first-order chi connectivity index (χ1) is 9.97. The number of hydrogen-bond donors (Lipinski definition) is 2. The minimum atomic E-state index is -0.883. The first-order valence-corrected chi connectivity index (χ1v) is 6.40. The van der Waals surface area contributed by atoms with Crippen molar-refractivity contribution in [1.29, 1.82) is 0 Å². The maximum atomic E-state index is 13.6. The Balaban J connectivity index is 2.01. The van der Waals surface area contributed by atoms with Crippen molar-refractivity contribution in [3.8, 4) is 0 Å². The van der Waals surface area contributed by atoms with Crippen LogP contribution in [-0.2, 0) is 0 Å². The van der Waals surface area contributed by atoms with Crippen molar-refractivity contribution >= 4 is 11.4 Å². The first-order valence-electron chi connectivity index (χ1n) is 6.40. The molecule has 1 atom stereocenters. The fraction of sp³-hybridized carbons (Fsp3) is 0.200. The summed E-state index contributed by atoms with van der Waals surface area (Å²) in [5, 5.41) is 23.4. The lowest BCUT2D eigenvalue weighted by molar-refractivity contribution is -0.384. The van der Waals surface area contributed by atoms with E-state index in [0.29, 0.717) is 11.3 Å². The maximum Gasteiger partial charge on any atom is 0.269 e. The molecule has 0 aliphatic rings. The number of nitrogens with one attached hydrogen (secondary N) is 1. The summed E-state index contributed by atoms with van der Waals surface area (Å²) in [5.41, 5.74) is 1.61. The molecule has 0 radical (unpaired) electrons. The highest BCUT2D eigenvalue weighted by Gasteiger charge is 2.11. The molecule has 0 aromatic heterocycles. The van der Waals surface area contributed by atoms with Gasteiger partial charge < -0.3 is 10.4 Å². The summed E-state index contributed by atoms with van der Waals surface area (Å²) in [7, 11) is 0. The molecule has 2 aromatic rings. The van der Waals surface area contributed by atoms with E-state index in [-0.39, 0.29) is 18.0 Å². The molecule has 0 saturated carbocycles. The smallest absolute Gasteiger partial charge is 0.269 e. The summed E-state index contributed by atoms with van der Waals surface area (Å²) in [4.78, 5) is 10.0. The molecule has 1 unspecified atom stereocenters. The summed E-state index contributed by atoms with van der Waals surface area (Å²) in [6.45, 7) is 1.90. The minimum Gasteiger partial charge on any atom is -0.387 e. The normalized spacial score (nSPS) is 12.0. The van der Waals surface area contributed by atoms with Gasteiger partial charge in [0, 0.05) is 18.7 Å². The number of nitrogens with zero attached hydrogens (tertiary/aromatic N) is 1. The van der Waals surface area contributed by atoms with Gasteiger partial charge in [-0.3, -0.25) is 10.1 Å². The van der Waals surface area contributed by atoms with Gasteiger partial charge in [0.05, 0.1) is 16.7 Å². The molecular weight excluding hydrogens is 275 g/mol. The van der Waals surface area contributed by atoms with Gasteiger partial charge in [-0.25, -0.2) is 4.39 Å². The Morgan fingerprint density at radius 2 is 1.95 bits per heavy atom. The van der Waals surface area contributed by atoms with Crippen molar-refractivity contribution in [3.63, 3.8) is 0 Å². The largest absolute Gasteiger partial charge is 0.387 e. The van der Waals surface area contributed by atoms with E-state index in [1.54, 1.807) is 19.1 Å². The van der Waals surface area contributed by atoms with Crippen molar-refractivity contribution < 1.29 is 14.4 Å². The van der Waals surface area contributed by atoms with Gasteiger partial charge in [-0.2, -0.15) is 0 Å². The van der Waals surface area contributed by atoms with E-state index in [2.05, 4.69) is 5.32 Å². The predicted octanol–water partition coefficient (Wildman–Crippen LogP) is 3.19. The molecule has 21 heavy (non-hydrogen) atoms. The Hall–Kier alpha value is -2.47. The van der Waals surface area contributed by atoms with E-state index >= 15 is 0 Å². The Labute approximate surface area is 121 Å². The van der Waals surface area contributed by atoms with Crippen LogP contribution in [0.4, 0.5) is 15.8 Å². The van der Waals surface area contributed by atoms with Crippen molar-refractivity contribution in [1.82, 2.24) is 0 Å². The summed E-state index contributed by atoms with van der Waals surface area (Å²) in [5.74, 6) is -0.383. The lowest BCUT2D eigenvalue weighted by atomic mass is 10.1. The summed E-state index contributed by atoms with van der Waals surface area (Å²) < 4.78 is 13.6. The average Bonchev–Trinajstić information content (AvgIpc) is 2.46. The monoisotopic (exact) mass is 290 g/mol. The van der Waals surface area contributed by atoms with Crippen molar-refractivity contribution in [2.45, 2.75) is 13.0 Å². The van der Waals surface area contributed by atoms with Crippen LogP contribution in [0.25, 0.3) is 0 Å². The van der Waals surface area contributed by atoms with Gasteiger partial charge >= 0.3 is 0 Å². The van der Waals surface area contributed by atoms with E-state index < -0.39 is 11.0 Å². The zero-order valence-electron chi connectivity index (χ0n) is 11.4. The number of benzene rings is 2. The molecule has 0 aliphatic carbocycles. The number of non-ortho nitro benzene ring substituents is 1. The molecule has 6 heteroatoms. The SMILES string of the molecule is Cc1ccc(NCC(O)c2ccc([N+](=O)[O-])cc2)c(F)c1. The summed E-state index contributed by atoms with van der Waals surface area (Å²) >= 11 is 0. The van der Waals surface area contributed by atoms with E-state index in [1.165, 1.54) is 30.3 Å². The molecule has 0 amide bonds. The quantitative estimate of drug-likeness (QED) is 0.655. The van der Waals surface area contributed by atoms with Crippen LogP contribution < -0.4 is 5.32 Å². The average molecular weight is 290 g/mol. The van der Waals surface area contributed by atoms with Gasteiger partial charge in [-0.15, -0.1) is 0 Å². The molecule has 0 fully saturated rings. The van der Waals surface area contributed by atoms with Gasteiger partial charge in [0.15, 0.2) is 0 Å². The molecule has 2 rings (SSSR count). The van der Waals surface area contributed by atoms with Gasteiger partial charge in [0.25, 0.3) is 5.69 Å². The third kappa shape index (κ3) is 3.76. The van der Waals surface area contributed by atoms with Crippen LogP contribution in [0.5, 0.6) is 0 Å². The fourth-order valence-electron chi connectivity index (χ4n) is 1.91. The third-order valence-corrected chi connectivity index (χ3v) is 3.10. The van der Waals surface area contributed by atoms with Crippen molar-refractivity contribution in [2.75, 3.05) is 11.9 Å². The molecule has 0 spiro atoms. The number of aryl methyl sites for hydroxylation is 1. The number of hydrogen-bond acceptors (Lipinski definition) is 4. The first kappa shape index (κ1) is 14.9. The molecule has 5 nitrogen and oxygen atoms in total. The van der Waals surface area contributed by atoms with Crippen LogP contribution in [0.15, 0.2) is 42.5 Å². The second-order valence-corrected chi connectivity index (χ2v) is 4.73. The number of aliphatic hydroxyl groups excluding tert-OH is 1. The van der Waals surface area contributed by atoms with Gasteiger partial charge in [-0.1, -0.05) is 6.07 Å². The molecule has 0 saturated heterocycles. The van der Waals surface area contributed by atoms with Crippen molar-refractivity contribution in [3.05, 3.63) is 69.5 Å². The third-order valence-electron chi connectivity index (χ3n) is 3.10. The molecule has 2 N–H and O–H groups in total. The number of anilines is 1. The zero-order valence-corrected chi connectivity index (χ0v) is 11.4. The lowest BCUT2D eigenvalue weighted by Crippen LogP contribution is -2.13. The second-order valence-electron chi connectivity index (χ2n) is 4.73. The van der Waals surface area contributed by atoms with Crippen LogP contribution in [0, 0.1) is 22.9 Å². The lowest BCUT2D eigenvalue weighted by Gasteiger charge is -2.13. The number of aliphatic hydroxyl groups is 1. The van der Waals surface area contributed by atoms with Crippen LogP contribution in [-0.4, -0.2) is 16.6 Å². The molecule has 110 valence electrons. The van der Waals surface area contributed by atoms with E-state index in [0.717, 1.165) is 5.56 Å². The summed E-state index contributed by atoms with van der Waals surface area (Å²) in [6, 6.07) is 10.4. The predicted molar refractivity (Wildman–Crippen MR) is 77.7 cm³/mol. The fourth-order valence-corrected chi connectivity index (χ4v) is 1.91. The maximum absolute atomic E-state index is 13.6. The van der Waals surface area contributed by atoms with Crippen molar-refractivity contribution in [2.24, 2.45) is 0 Å². The zero-order chi connectivity index (χ0) is 15.4. The molecule has 2 aromatic carbocycles. The standard InChI is InChI=1S/C15H15FN2O3/c1-10-2-7-14(13(16)8-10)17-9-15(19)11-3-5-12(6-4-11)18(20)21/h2-8,15,17,19H,9H2,1H3. The number of nitro groups is 1. The van der Waals surface area contributed by atoms with Crippen LogP contribution in [0.3, 0.4) is 0 Å². The minimum absolute atomic E-state index is 0.0384. The highest BCUT2D eigenvalue weighted by atomic mass is 19.1. The Bertz CT molecular complexity index is 644. The number of nitro benzene ring substituents is 1. The van der Waals surface area contributed by atoms with E-state index in [9.17, 15) is 19.6 Å². The van der Waals surface area contributed by atoms with E-state index in [4.69, 9.17) is 0 Å². The van der Waals surface area contributed by atoms with E-state index in [1.807, 2.05) is 0 Å². The highest BCUT2D eigenvalue weighted by molar-refractivity contribution is 5.46. The van der Waals surface area contributed by atoms with Gasteiger partial charge in [0.2, 0.25) is 0 Å².